The number of carboxylic acid groups (broad SMARTS) is 2. The van der Waals surface area contributed by atoms with E-state index in [1.165, 1.54) is 13.8 Å². The average molecular weight is 422 g/mol. The smallest absolute Gasteiger partial charge is 0.327 e. The molecular formula is C15H26N4O8S. The van der Waals surface area contributed by atoms with Crippen LogP contribution in [0.1, 0.15) is 26.7 Å². The highest BCUT2D eigenvalue weighted by molar-refractivity contribution is 7.80. The molecule has 28 heavy (non-hydrogen) atoms. The van der Waals surface area contributed by atoms with Crippen LogP contribution in [0.25, 0.3) is 0 Å². The minimum atomic E-state index is -1.46. The van der Waals surface area contributed by atoms with Crippen molar-refractivity contribution in [3.05, 3.63) is 0 Å². The SMILES string of the molecule is CC(NC(=O)C(NC(=O)C(N)CCC(=O)O)C(C)O)C(=O)NC(CS)C(=O)O. The van der Waals surface area contributed by atoms with Gasteiger partial charge in [0.2, 0.25) is 17.7 Å². The predicted octanol–water partition coefficient (Wildman–Crippen LogP) is -2.95. The molecule has 0 fully saturated rings. The van der Waals surface area contributed by atoms with Crippen LogP contribution in [0.5, 0.6) is 0 Å². The molecule has 12 nitrogen and oxygen atoms in total. The predicted molar refractivity (Wildman–Crippen MR) is 99.5 cm³/mol. The average Bonchev–Trinajstić information content (AvgIpc) is 2.60. The molecule has 0 saturated heterocycles. The molecule has 5 unspecified atom stereocenters. The van der Waals surface area contributed by atoms with Gasteiger partial charge in [-0.05, 0) is 20.3 Å². The summed E-state index contributed by atoms with van der Waals surface area (Å²) in [7, 11) is 0. The fourth-order valence-electron chi connectivity index (χ4n) is 1.93. The summed E-state index contributed by atoms with van der Waals surface area (Å²) in [6.45, 7) is 2.50. The Labute approximate surface area is 166 Å². The van der Waals surface area contributed by atoms with Crippen molar-refractivity contribution in [2.75, 3.05) is 5.75 Å². The van der Waals surface area contributed by atoms with Crippen LogP contribution in [-0.2, 0) is 24.0 Å². The highest BCUT2D eigenvalue weighted by Crippen LogP contribution is 2.00. The van der Waals surface area contributed by atoms with Gasteiger partial charge < -0.3 is 37.0 Å². The second-order valence-corrected chi connectivity index (χ2v) is 6.44. The number of hydrogen-bond donors (Lipinski definition) is 8. The Morgan fingerprint density at radius 1 is 0.964 bits per heavy atom. The maximum atomic E-state index is 12.3. The zero-order valence-corrected chi connectivity index (χ0v) is 16.3. The van der Waals surface area contributed by atoms with Crippen LogP contribution in [0.4, 0.5) is 0 Å². The fraction of sp³-hybridized carbons (Fsp3) is 0.667. The molecule has 0 aromatic heterocycles. The Morgan fingerprint density at radius 2 is 1.54 bits per heavy atom. The first-order valence-corrected chi connectivity index (χ1v) is 8.94. The summed E-state index contributed by atoms with van der Waals surface area (Å²) in [5, 5.41) is 33.8. The normalized spacial score (nSPS) is 16.0. The van der Waals surface area contributed by atoms with Crippen molar-refractivity contribution in [3.63, 3.8) is 0 Å². The number of rotatable bonds is 12. The largest absolute Gasteiger partial charge is 0.481 e. The zero-order valence-electron chi connectivity index (χ0n) is 15.4. The minimum absolute atomic E-state index is 0.164. The summed E-state index contributed by atoms with van der Waals surface area (Å²) < 4.78 is 0. The van der Waals surface area contributed by atoms with Crippen molar-refractivity contribution in [2.24, 2.45) is 5.73 Å². The zero-order chi connectivity index (χ0) is 22.0. The molecule has 0 bridgehead atoms. The number of amides is 3. The lowest BCUT2D eigenvalue weighted by Gasteiger charge is -2.24. The second kappa shape index (κ2) is 12.2. The molecule has 0 saturated carbocycles. The van der Waals surface area contributed by atoms with Gasteiger partial charge in [-0.3, -0.25) is 19.2 Å². The Kier molecular flexibility index (Phi) is 11.1. The number of aliphatic hydroxyl groups excluding tert-OH is 1. The van der Waals surface area contributed by atoms with E-state index in [-0.39, 0.29) is 18.6 Å². The summed E-state index contributed by atoms with van der Waals surface area (Å²) >= 11 is 3.80. The van der Waals surface area contributed by atoms with Crippen LogP contribution >= 0.6 is 12.6 Å². The molecule has 8 N–H and O–H groups in total. The number of nitrogens with one attached hydrogen (secondary N) is 3. The summed E-state index contributed by atoms with van der Waals surface area (Å²) in [5.41, 5.74) is 5.55. The monoisotopic (exact) mass is 422 g/mol. The van der Waals surface area contributed by atoms with Crippen LogP contribution in [-0.4, -0.2) is 81.0 Å². The first-order chi connectivity index (χ1) is 12.9. The van der Waals surface area contributed by atoms with Gasteiger partial charge in [0, 0.05) is 12.2 Å². The van der Waals surface area contributed by atoms with Crippen LogP contribution in [0.15, 0.2) is 0 Å². The molecule has 0 rings (SSSR count). The maximum Gasteiger partial charge on any atom is 0.327 e. The van der Waals surface area contributed by atoms with Crippen LogP contribution < -0.4 is 21.7 Å². The van der Waals surface area contributed by atoms with Gasteiger partial charge in [0.05, 0.1) is 12.1 Å². The molecule has 0 spiro atoms. The summed E-state index contributed by atoms with van der Waals surface area (Å²) in [5.74, 6) is -5.17. The van der Waals surface area contributed by atoms with Crippen molar-refractivity contribution in [1.29, 1.82) is 0 Å². The number of thiol groups is 1. The number of aliphatic hydroxyl groups is 1. The van der Waals surface area contributed by atoms with Crippen molar-refractivity contribution in [3.8, 4) is 0 Å². The third-order valence-electron chi connectivity index (χ3n) is 3.62. The number of nitrogens with two attached hydrogens (primary N) is 1. The molecular weight excluding hydrogens is 396 g/mol. The summed E-state index contributed by atoms with van der Waals surface area (Å²) in [4.78, 5) is 57.7. The Balaban J connectivity index is 4.89. The standard InChI is InChI=1S/C15H26N4O8S/c1-6(12(23)18-9(5-28)15(26)27)17-14(25)11(7(2)20)19-13(24)8(16)3-4-10(21)22/h6-9,11,20,28H,3-5,16H2,1-2H3,(H,17,25)(H,18,23)(H,19,24)(H,21,22)(H,26,27). The highest BCUT2D eigenvalue weighted by atomic mass is 32.1. The second-order valence-electron chi connectivity index (χ2n) is 6.08. The number of aliphatic carboxylic acids is 2. The van der Waals surface area contributed by atoms with Gasteiger partial charge in [0.15, 0.2) is 0 Å². The lowest BCUT2D eigenvalue weighted by molar-refractivity contribution is -0.141. The van der Waals surface area contributed by atoms with E-state index in [2.05, 4.69) is 28.6 Å². The van der Waals surface area contributed by atoms with E-state index in [9.17, 15) is 29.1 Å². The number of carboxylic acids is 2. The van der Waals surface area contributed by atoms with Crippen molar-refractivity contribution >= 4 is 42.3 Å². The molecule has 0 aromatic carbocycles. The van der Waals surface area contributed by atoms with E-state index in [4.69, 9.17) is 15.9 Å². The molecule has 5 atom stereocenters. The fourth-order valence-corrected chi connectivity index (χ4v) is 2.17. The van der Waals surface area contributed by atoms with Crippen molar-refractivity contribution < 1.29 is 39.3 Å². The van der Waals surface area contributed by atoms with Gasteiger partial charge in [-0.1, -0.05) is 0 Å². The van der Waals surface area contributed by atoms with Gasteiger partial charge in [0.25, 0.3) is 0 Å². The number of carbonyl (C=O) groups is 5. The molecule has 13 heteroatoms. The molecule has 0 aromatic rings. The molecule has 3 amide bonds. The first kappa shape index (κ1) is 25.6. The highest BCUT2D eigenvalue weighted by Gasteiger charge is 2.30. The van der Waals surface area contributed by atoms with E-state index >= 15 is 0 Å². The van der Waals surface area contributed by atoms with E-state index in [1.54, 1.807) is 0 Å². The van der Waals surface area contributed by atoms with Crippen LogP contribution in [0, 0.1) is 0 Å². The molecule has 0 aliphatic heterocycles. The van der Waals surface area contributed by atoms with Gasteiger partial charge in [-0.25, -0.2) is 4.79 Å². The van der Waals surface area contributed by atoms with Crippen molar-refractivity contribution in [2.45, 2.75) is 57.0 Å². The molecule has 0 heterocycles. The maximum absolute atomic E-state index is 12.3. The van der Waals surface area contributed by atoms with Gasteiger partial charge in [-0.15, -0.1) is 0 Å². The summed E-state index contributed by atoms with van der Waals surface area (Å²) in [6, 6.07) is -5.10. The van der Waals surface area contributed by atoms with Crippen molar-refractivity contribution in [1.82, 2.24) is 16.0 Å². The lowest BCUT2D eigenvalue weighted by atomic mass is 10.1. The quantitative estimate of drug-likeness (QED) is 0.151. The molecule has 0 radical (unpaired) electrons. The van der Waals surface area contributed by atoms with Gasteiger partial charge in [0.1, 0.15) is 18.1 Å². The number of hydrogen-bond acceptors (Lipinski definition) is 8. The van der Waals surface area contributed by atoms with Crippen LogP contribution in [0.2, 0.25) is 0 Å². The lowest BCUT2D eigenvalue weighted by Crippen LogP contribution is -2.59. The Bertz CT molecular complexity index is 601. The topological polar surface area (TPSA) is 208 Å². The minimum Gasteiger partial charge on any atom is -0.481 e. The molecule has 0 aliphatic carbocycles. The first-order valence-electron chi connectivity index (χ1n) is 8.30. The summed E-state index contributed by atoms with van der Waals surface area (Å²) in [6.07, 6.45) is -1.88. The van der Waals surface area contributed by atoms with E-state index in [0.717, 1.165) is 0 Å². The van der Waals surface area contributed by atoms with E-state index < -0.39 is 59.9 Å². The third-order valence-corrected chi connectivity index (χ3v) is 3.98. The Hall–Kier alpha value is -2.38. The third kappa shape index (κ3) is 9.01. The van der Waals surface area contributed by atoms with E-state index in [0.29, 0.717) is 0 Å². The van der Waals surface area contributed by atoms with Gasteiger partial charge >= 0.3 is 11.9 Å². The van der Waals surface area contributed by atoms with Crippen LogP contribution in [0.3, 0.4) is 0 Å². The Morgan fingerprint density at radius 3 is 1.96 bits per heavy atom. The van der Waals surface area contributed by atoms with Gasteiger partial charge in [-0.2, -0.15) is 12.6 Å². The van der Waals surface area contributed by atoms with E-state index in [1.807, 2.05) is 0 Å². The molecule has 160 valence electrons. The molecule has 0 aliphatic rings. The number of carbonyl (C=O) groups excluding carboxylic acids is 3.